The summed E-state index contributed by atoms with van der Waals surface area (Å²) in [5.41, 5.74) is 0. The maximum atomic E-state index is 8.52. The summed E-state index contributed by atoms with van der Waals surface area (Å²) in [5, 5.41) is 0. The molecule has 28 nitrogen and oxygen atoms in total. The Labute approximate surface area is 409 Å². The zero-order chi connectivity index (χ0) is 25.0. The minimum absolute atomic E-state index is 0. The fraction of sp³-hybridized carbons (Fsp3) is 0. The summed E-state index contributed by atoms with van der Waals surface area (Å²) in [7, 11) is -25.4. The van der Waals surface area contributed by atoms with E-state index in [-0.39, 0.29) is 254 Å². The molecule has 0 aromatic carbocycles. The summed E-state index contributed by atoms with van der Waals surface area (Å²) in [6.45, 7) is 0. The standard InChI is InChI=1S/3Ca.3Fe.3Mn.7O3Si.7H2O/c;;;;;;;;;7*1-4(2)3;;;;;;;/h;;;;;;;;;;;;;;;;7*1H2/q3*+2;3*+3;3*+2;7*-2;;;;;;;/p-7. The van der Waals surface area contributed by atoms with Gasteiger partial charge >= 0.3 is 216 Å². The Balaban J connectivity index is -0.00000000525. The van der Waals surface area contributed by atoms with Gasteiger partial charge in [-0.05, 0) is 0 Å². The Morgan fingerprint density at radius 1 is 0.227 bits per heavy atom. The van der Waals surface area contributed by atoms with E-state index in [9.17, 15) is 0 Å². The van der Waals surface area contributed by atoms with Gasteiger partial charge < -0.3 is 137 Å². The first-order valence-electron chi connectivity index (χ1n) is 4.29. The predicted octanol–water partition coefficient (Wildman–Crippen LogP) is -22.5. The second-order valence-corrected chi connectivity index (χ2v) is 5.25. The quantitative estimate of drug-likeness (QED) is 0.203. The molecule has 0 aliphatic heterocycles. The van der Waals surface area contributed by atoms with Crippen LogP contribution in [0.4, 0.5) is 0 Å². The van der Waals surface area contributed by atoms with E-state index in [1.807, 2.05) is 0 Å². The second kappa shape index (κ2) is 159. The van der Waals surface area contributed by atoms with Gasteiger partial charge in [-0.25, -0.2) is 0 Å². The molecular formula is H7Ca3Fe3Mn3O28Si7. The molecular weight excluding hydrogens is 1100 g/mol. The summed E-state index contributed by atoms with van der Waals surface area (Å²) in [6.07, 6.45) is 0. The van der Waals surface area contributed by atoms with Crippen LogP contribution in [-0.4, -0.2) is 216 Å². The van der Waals surface area contributed by atoms with Gasteiger partial charge in [0.1, 0.15) is 0 Å². The van der Waals surface area contributed by atoms with E-state index in [0.29, 0.717) is 0 Å². The van der Waals surface area contributed by atoms with Gasteiger partial charge in [-0.2, -0.15) is 0 Å². The van der Waals surface area contributed by atoms with E-state index in [0.717, 1.165) is 0 Å². The van der Waals surface area contributed by atoms with Crippen LogP contribution in [0.1, 0.15) is 0 Å². The summed E-state index contributed by atoms with van der Waals surface area (Å²) in [6, 6.07) is 0. The molecule has 0 atom stereocenters. The van der Waals surface area contributed by atoms with Crippen molar-refractivity contribution in [2.75, 3.05) is 0 Å². The Morgan fingerprint density at radius 3 is 0.227 bits per heavy atom. The summed E-state index contributed by atoms with van der Waals surface area (Å²) in [4.78, 5) is 119. The van der Waals surface area contributed by atoms with Crippen LogP contribution < -0.4 is 67.1 Å². The van der Waals surface area contributed by atoms with Crippen molar-refractivity contribution < 1.29 is 239 Å². The number of hydrogen-bond donors (Lipinski definition) is 0. The van der Waals surface area contributed by atoms with E-state index in [4.69, 9.17) is 98.4 Å². The van der Waals surface area contributed by atoms with Gasteiger partial charge in [0.2, 0.25) is 0 Å². The molecule has 0 unspecified atom stereocenters. The molecule has 0 amide bonds. The average molecular weight is 1100 g/mol. The molecule has 0 saturated heterocycles. The summed E-state index contributed by atoms with van der Waals surface area (Å²) < 4.78 is 59.6. The van der Waals surface area contributed by atoms with Crippen LogP contribution >= 0.6 is 0 Å². The zero-order valence-electron chi connectivity index (χ0n) is 19.5. The molecule has 0 aliphatic rings. The van der Waals surface area contributed by atoms with Crippen molar-refractivity contribution in [3.63, 3.8) is 0 Å². The first-order valence-corrected chi connectivity index (χ1v) is 12.9. The molecule has 0 spiro atoms. The van der Waals surface area contributed by atoms with Crippen molar-refractivity contribution in [3.8, 4) is 0 Å². The number of rotatable bonds is 0. The van der Waals surface area contributed by atoms with Crippen molar-refractivity contribution >= 4 is 177 Å². The van der Waals surface area contributed by atoms with Crippen LogP contribution in [0.2, 0.25) is 0 Å². The van der Waals surface area contributed by atoms with E-state index < -0.39 is 64.2 Å². The Hall–Kier alpha value is 3.93. The van der Waals surface area contributed by atoms with Gasteiger partial charge in [-0.1, -0.05) is 0 Å². The Morgan fingerprint density at radius 2 is 0.227 bits per heavy atom. The van der Waals surface area contributed by atoms with Crippen LogP contribution in [0.5, 0.6) is 0 Å². The fourth-order valence-corrected chi connectivity index (χ4v) is 0. The maximum Gasteiger partial charge on any atom is 3.00 e. The van der Waals surface area contributed by atoms with Gasteiger partial charge in [-0.3, -0.25) is 0 Å². The van der Waals surface area contributed by atoms with Crippen LogP contribution in [0.25, 0.3) is 0 Å². The first kappa shape index (κ1) is 170. The largest absolute Gasteiger partial charge is 3.00 e. The minimum atomic E-state index is -3.63. The Bertz CT molecular complexity index is 351. The topological polar surface area (TPSA) is 652 Å². The molecule has 0 saturated carbocycles. The van der Waals surface area contributed by atoms with Crippen molar-refractivity contribution in [3.05, 3.63) is 0 Å². The molecule has 0 heterocycles. The smallest absolute Gasteiger partial charge is 0.870 e. The zero-order valence-corrected chi connectivity index (χ0v) is 40.0. The fourth-order valence-electron chi connectivity index (χ4n) is 0. The maximum absolute atomic E-state index is 8.52. The van der Waals surface area contributed by atoms with E-state index in [2.05, 4.69) is 0 Å². The van der Waals surface area contributed by atoms with Crippen LogP contribution in [0, 0.1) is 0 Å². The van der Waals surface area contributed by atoms with Crippen molar-refractivity contribution in [1.29, 1.82) is 0 Å². The van der Waals surface area contributed by atoms with E-state index in [1.54, 1.807) is 0 Å². The molecule has 44 heavy (non-hydrogen) atoms. The molecule has 0 rings (SSSR count). The van der Waals surface area contributed by atoms with Crippen molar-refractivity contribution in [2.24, 2.45) is 0 Å². The molecule has 0 aromatic heterocycles. The molecule has 0 aliphatic carbocycles. The van der Waals surface area contributed by atoms with Crippen LogP contribution in [0.3, 0.4) is 0 Å². The molecule has 0 bridgehead atoms. The molecule has 0 fully saturated rings. The van der Waals surface area contributed by atoms with Crippen LogP contribution in [0.15, 0.2) is 0 Å². The number of hydrogen-bond acceptors (Lipinski definition) is 28. The third-order valence-corrected chi connectivity index (χ3v) is 0. The summed E-state index contributed by atoms with van der Waals surface area (Å²) >= 11 is 0. The third kappa shape index (κ3) is 5990. The first-order chi connectivity index (χ1) is 12.1. The monoisotopic (exact) mass is 1100 g/mol. The van der Waals surface area contributed by atoms with Gasteiger partial charge in [0.15, 0.2) is 0 Å². The Kier molecular flexibility index (Phi) is 615. The van der Waals surface area contributed by atoms with Gasteiger partial charge in [0.05, 0.1) is 0 Å². The summed E-state index contributed by atoms with van der Waals surface area (Å²) in [5.74, 6) is 0. The molecule has 0 aromatic rings. The van der Waals surface area contributed by atoms with Gasteiger partial charge in [-0.15, -0.1) is 0 Å². The van der Waals surface area contributed by atoms with Gasteiger partial charge in [0.25, 0.3) is 0 Å². The second-order valence-electron chi connectivity index (χ2n) is 1.75. The normalized spacial score (nSPS) is 3.82. The SMILES string of the molecule is O=[Si]([O-])[O-].O=[Si]([O-])[O-].O=[Si]([O-])[O-].O=[Si]([O-])[O-].O=[Si]([O-])[O-].O=[Si]([O-])[O-].O=[Si]([O-])[O-].[Ca+2].[Ca+2].[Ca+2].[Fe+3].[Fe+3].[Fe+3].[Mn+2].[Mn+2].[Mn+2].[OH-].[OH-].[OH-].[OH-].[OH-].[OH-].[OH-]. The van der Waals surface area contributed by atoms with E-state index >= 15 is 0 Å². The predicted molar refractivity (Wildman–Crippen MR) is 75.9 cm³/mol. The van der Waals surface area contributed by atoms with Crippen LogP contribution in [-0.2, 0) is 134 Å². The minimum Gasteiger partial charge on any atom is -0.870 e. The van der Waals surface area contributed by atoms with Crippen molar-refractivity contribution in [2.45, 2.75) is 0 Å². The molecule has 7 N–H and O–H groups in total. The van der Waals surface area contributed by atoms with E-state index in [1.165, 1.54) is 0 Å². The molecule has 44 heteroatoms. The third-order valence-electron chi connectivity index (χ3n) is 0. The van der Waals surface area contributed by atoms with Gasteiger partial charge in [0, 0.05) is 64.2 Å². The van der Waals surface area contributed by atoms with Crippen molar-refractivity contribution in [1.82, 2.24) is 0 Å². The average Bonchev–Trinajstić information content (AvgIpc) is 2.20. The molecule has 254 valence electrons. The molecule has 6 radical (unpaired) electrons.